The van der Waals surface area contributed by atoms with Gasteiger partial charge in [0.05, 0.1) is 0 Å². The van der Waals surface area contributed by atoms with E-state index >= 15 is 0 Å². The Labute approximate surface area is 116 Å². The molecule has 1 heterocycles. The van der Waals surface area contributed by atoms with E-state index in [0.717, 1.165) is 12.2 Å². The summed E-state index contributed by atoms with van der Waals surface area (Å²) >= 11 is 0. The van der Waals surface area contributed by atoms with Crippen molar-refractivity contribution >= 4 is 33.5 Å². The van der Waals surface area contributed by atoms with Crippen molar-refractivity contribution in [3.05, 3.63) is 12.7 Å². The summed E-state index contributed by atoms with van der Waals surface area (Å²) in [5, 5.41) is 9.05. The minimum Gasteiger partial charge on any atom is -0.480 e. The summed E-state index contributed by atoms with van der Waals surface area (Å²) in [7, 11) is 3.29. The van der Waals surface area contributed by atoms with Crippen LogP contribution in [-0.2, 0) is 9.59 Å². The van der Waals surface area contributed by atoms with Crippen molar-refractivity contribution in [2.24, 2.45) is 5.92 Å². The van der Waals surface area contributed by atoms with Crippen molar-refractivity contribution in [2.45, 2.75) is 25.8 Å². The molecule has 4 nitrogen and oxygen atoms in total. The Balaban J connectivity index is 2.42. The van der Waals surface area contributed by atoms with Crippen molar-refractivity contribution in [2.75, 3.05) is 18.1 Å². The zero-order valence-corrected chi connectivity index (χ0v) is 12.1. The zero-order valence-electron chi connectivity index (χ0n) is 10.5. The van der Waals surface area contributed by atoms with Gasteiger partial charge in [0.25, 0.3) is 0 Å². The van der Waals surface area contributed by atoms with Crippen LogP contribution in [0.3, 0.4) is 0 Å². The molecular weight excluding hydrogens is 270 g/mol. The van der Waals surface area contributed by atoms with E-state index in [4.69, 9.17) is 5.11 Å². The summed E-state index contributed by atoms with van der Waals surface area (Å²) < 4.78 is 0. The first-order valence-corrected chi connectivity index (χ1v) is 8.45. The highest BCUT2D eigenvalue weighted by molar-refractivity contribution is 8.76. The lowest BCUT2D eigenvalue weighted by molar-refractivity contribution is -0.149. The molecule has 1 aliphatic heterocycles. The molecule has 1 aliphatic rings. The molecule has 1 fully saturated rings. The Morgan fingerprint density at radius 1 is 1.56 bits per heavy atom. The molecule has 0 saturated carbocycles. The standard InChI is InChI=1S/C12H19NO3S2/c1-3-7-17-18-8-9(2)11(14)13-6-4-5-10(13)12(15)16/h3,9-10H,1,4-8H2,2H3,(H,15,16)/t9-,10-/m0/s1. The second-order valence-electron chi connectivity index (χ2n) is 4.29. The van der Waals surface area contributed by atoms with Gasteiger partial charge in [-0.1, -0.05) is 34.6 Å². The third-order valence-electron chi connectivity index (χ3n) is 2.83. The molecule has 0 bridgehead atoms. The highest BCUT2D eigenvalue weighted by Gasteiger charge is 2.35. The van der Waals surface area contributed by atoms with E-state index in [2.05, 4.69) is 6.58 Å². The average molecular weight is 289 g/mol. The number of carbonyl (C=O) groups is 2. The van der Waals surface area contributed by atoms with Crippen LogP contribution in [-0.4, -0.2) is 46.0 Å². The van der Waals surface area contributed by atoms with E-state index < -0.39 is 12.0 Å². The molecule has 0 aromatic rings. The number of amides is 1. The lowest BCUT2D eigenvalue weighted by Crippen LogP contribution is -2.43. The van der Waals surface area contributed by atoms with Crippen molar-refractivity contribution in [3.63, 3.8) is 0 Å². The van der Waals surface area contributed by atoms with Crippen LogP contribution in [0.1, 0.15) is 19.8 Å². The largest absolute Gasteiger partial charge is 0.480 e. The number of carboxylic acid groups (broad SMARTS) is 1. The number of carbonyl (C=O) groups excluding carboxylic acids is 1. The molecule has 6 heteroatoms. The van der Waals surface area contributed by atoms with E-state index in [9.17, 15) is 9.59 Å². The van der Waals surface area contributed by atoms with Gasteiger partial charge in [-0.2, -0.15) is 0 Å². The quantitative estimate of drug-likeness (QED) is 0.442. The Hall–Kier alpha value is -0.620. The zero-order chi connectivity index (χ0) is 13.5. The summed E-state index contributed by atoms with van der Waals surface area (Å²) in [5.41, 5.74) is 0. The van der Waals surface area contributed by atoms with E-state index in [0.29, 0.717) is 18.7 Å². The Kier molecular flexibility index (Phi) is 6.63. The van der Waals surface area contributed by atoms with Crippen LogP contribution in [0.5, 0.6) is 0 Å². The number of hydrogen-bond donors (Lipinski definition) is 1. The molecule has 1 N–H and O–H groups in total. The van der Waals surface area contributed by atoms with Gasteiger partial charge in [-0.25, -0.2) is 4.79 Å². The Morgan fingerprint density at radius 3 is 2.89 bits per heavy atom. The average Bonchev–Trinajstić information content (AvgIpc) is 2.82. The van der Waals surface area contributed by atoms with E-state index in [1.54, 1.807) is 21.6 Å². The lowest BCUT2D eigenvalue weighted by Gasteiger charge is -2.24. The molecule has 1 saturated heterocycles. The molecule has 0 aromatic carbocycles. The summed E-state index contributed by atoms with van der Waals surface area (Å²) in [4.78, 5) is 24.7. The van der Waals surface area contributed by atoms with Gasteiger partial charge in [-0.3, -0.25) is 4.79 Å². The maximum Gasteiger partial charge on any atom is 0.326 e. The molecule has 18 heavy (non-hydrogen) atoms. The van der Waals surface area contributed by atoms with Crippen molar-refractivity contribution < 1.29 is 14.7 Å². The first kappa shape index (κ1) is 15.4. The van der Waals surface area contributed by atoms with Gasteiger partial charge in [0, 0.05) is 24.0 Å². The predicted molar refractivity (Wildman–Crippen MR) is 76.6 cm³/mol. The van der Waals surface area contributed by atoms with Crippen LogP contribution in [0.2, 0.25) is 0 Å². The minimum atomic E-state index is -0.887. The highest BCUT2D eigenvalue weighted by Crippen LogP contribution is 2.26. The van der Waals surface area contributed by atoms with Crippen LogP contribution in [0, 0.1) is 5.92 Å². The maximum absolute atomic E-state index is 12.1. The van der Waals surface area contributed by atoms with Gasteiger partial charge in [0.1, 0.15) is 6.04 Å². The number of rotatable bonds is 7. The molecule has 2 atom stereocenters. The van der Waals surface area contributed by atoms with Gasteiger partial charge in [0.2, 0.25) is 5.91 Å². The molecule has 0 radical (unpaired) electrons. The van der Waals surface area contributed by atoms with Gasteiger partial charge < -0.3 is 10.0 Å². The first-order chi connectivity index (χ1) is 8.57. The number of hydrogen-bond acceptors (Lipinski definition) is 4. The second kappa shape index (κ2) is 7.74. The SMILES string of the molecule is C=CCSSC[C@H](C)C(=O)N1CCC[C@H]1C(=O)O. The van der Waals surface area contributed by atoms with Crippen molar-refractivity contribution in [1.82, 2.24) is 4.90 Å². The molecule has 0 unspecified atom stereocenters. The summed E-state index contributed by atoms with van der Waals surface area (Å²) in [6.45, 7) is 6.07. The first-order valence-electron chi connectivity index (χ1n) is 5.96. The molecular formula is C12H19NO3S2. The van der Waals surface area contributed by atoms with Crippen LogP contribution >= 0.6 is 21.6 Å². The fraction of sp³-hybridized carbons (Fsp3) is 0.667. The maximum atomic E-state index is 12.1. The monoisotopic (exact) mass is 289 g/mol. The summed E-state index contributed by atoms with van der Waals surface area (Å²) in [6, 6.07) is -0.620. The van der Waals surface area contributed by atoms with Crippen molar-refractivity contribution in [1.29, 1.82) is 0 Å². The van der Waals surface area contributed by atoms with E-state index in [1.807, 2.05) is 13.0 Å². The van der Waals surface area contributed by atoms with Crippen molar-refractivity contribution in [3.8, 4) is 0 Å². The van der Waals surface area contributed by atoms with E-state index in [-0.39, 0.29) is 11.8 Å². The molecule has 0 aromatic heterocycles. The number of nitrogens with zero attached hydrogens (tertiary/aromatic N) is 1. The smallest absolute Gasteiger partial charge is 0.326 e. The highest BCUT2D eigenvalue weighted by atomic mass is 33.1. The Bertz CT molecular complexity index is 322. The number of carboxylic acids is 1. The third-order valence-corrected chi connectivity index (χ3v) is 5.32. The summed E-state index contributed by atoms with van der Waals surface area (Å²) in [5.74, 6) is 0.508. The van der Waals surface area contributed by atoms with Crippen LogP contribution < -0.4 is 0 Å². The normalized spacial score (nSPS) is 20.7. The molecule has 1 amide bonds. The van der Waals surface area contributed by atoms with Gasteiger partial charge >= 0.3 is 5.97 Å². The Morgan fingerprint density at radius 2 is 2.28 bits per heavy atom. The van der Waals surface area contributed by atoms with Gasteiger partial charge in [0.15, 0.2) is 0 Å². The molecule has 0 aliphatic carbocycles. The molecule has 1 rings (SSSR count). The number of aliphatic carboxylic acids is 1. The topological polar surface area (TPSA) is 57.6 Å². The van der Waals surface area contributed by atoms with E-state index in [1.165, 1.54) is 4.90 Å². The number of likely N-dealkylation sites (tertiary alicyclic amines) is 1. The van der Waals surface area contributed by atoms with Gasteiger partial charge in [-0.15, -0.1) is 6.58 Å². The van der Waals surface area contributed by atoms with Gasteiger partial charge in [-0.05, 0) is 12.8 Å². The molecule has 102 valence electrons. The third kappa shape index (κ3) is 4.24. The fourth-order valence-electron chi connectivity index (χ4n) is 1.89. The fourth-order valence-corrected chi connectivity index (χ4v) is 4.00. The minimum absolute atomic E-state index is 0.0356. The lowest BCUT2D eigenvalue weighted by atomic mass is 10.1. The second-order valence-corrected chi connectivity index (χ2v) is 6.84. The van der Waals surface area contributed by atoms with Crippen LogP contribution in [0.15, 0.2) is 12.7 Å². The van der Waals surface area contributed by atoms with Crippen LogP contribution in [0.25, 0.3) is 0 Å². The predicted octanol–water partition coefficient (Wildman–Crippen LogP) is 2.27. The van der Waals surface area contributed by atoms with Crippen LogP contribution in [0.4, 0.5) is 0 Å². The molecule has 0 spiro atoms. The summed E-state index contributed by atoms with van der Waals surface area (Å²) in [6.07, 6.45) is 3.19.